The van der Waals surface area contributed by atoms with E-state index in [-0.39, 0.29) is 0 Å². The molecule has 238 valence electrons. The van der Waals surface area contributed by atoms with E-state index in [9.17, 15) is 0 Å². The quantitative estimate of drug-likeness (QED) is 0.168. The van der Waals surface area contributed by atoms with E-state index in [1.165, 1.54) is 60.9 Å². The third-order valence-electron chi connectivity index (χ3n) is 9.94. The molecule has 0 spiro atoms. The Balaban J connectivity index is 1.08. The van der Waals surface area contributed by atoms with Crippen molar-refractivity contribution >= 4 is 38.8 Å². The number of rotatable bonds is 7. The van der Waals surface area contributed by atoms with Crippen LogP contribution in [0.1, 0.15) is 18.4 Å². The average Bonchev–Trinajstić information content (AvgIpc) is 3.54. The Labute approximate surface area is 293 Å². The number of fused-ring (bicyclic) bond motifs is 3. The van der Waals surface area contributed by atoms with Gasteiger partial charge in [0.05, 0.1) is 11.0 Å². The lowest BCUT2D eigenvalue weighted by Gasteiger charge is -2.30. The molecule has 0 unspecified atom stereocenters. The molecule has 50 heavy (non-hydrogen) atoms. The maximum Gasteiger partial charge on any atom is 0.0541 e. The Morgan fingerprint density at radius 2 is 0.880 bits per heavy atom. The van der Waals surface area contributed by atoms with E-state index in [4.69, 9.17) is 0 Å². The zero-order chi connectivity index (χ0) is 33.3. The number of nitrogens with zero attached hydrogens (tertiary/aromatic N) is 2. The first-order valence-corrected chi connectivity index (χ1v) is 17.4. The first kappa shape index (κ1) is 29.7. The van der Waals surface area contributed by atoms with Gasteiger partial charge in [-0.3, -0.25) is 0 Å². The fourth-order valence-corrected chi connectivity index (χ4v) is 7.45. The van der Waals surface area contributed by atoms with Gasteiger partial charge in [-0.05, 0) is 101 Å². The van der Waals surface area contributed by atoms with Crippen molar-refractivity contribution in [1.82, 2.24) is 4.57 Å². The summed E-state index contributed by atoms with van der Waals surface area (Å²) >= 11 is 0. The lowest BCUT2D eigenvalue weighted by atomic mass is 9.95. The molecule has 0 N–H and O–H groups in total. The Kier molecular flexibility index (Phi) is 7.68. The molecule has 1 heterocycles. The molecule has 2 heteroatoms. The summed E-state index contributed by atoms with van der Waals surface area (Å²) in [5.41, 5.74) is 14.7. The van der Waals surface area contributed by atoms with Crippen LogP contribution in [-0.2, 0) is 0 Å². The minimum absolute atomic E-state index is 0.962. The van der Waals surface area contributed by atoms with Crippen molar-refractivity contribution in [2.75, 3.05) is 4.90 Å². The fraction of sp³-hybridized carbons (Fsp3) is 0.0417. The van der Waals surface area contributed by atoms with Crippen molar-refractivity contribution < 1.29 is 0 Å². The van der Waals surface area contributed by atoms with Crippen LogP contribution in [0.15, 0.2) is 200 Å². The molecule has 0 saturated carbocycles. The number of hydrogen-bond acceptors (Lipinski definition) is 1. The molecule has 9 rings (SSSR count). The second-order valence-corrected chi connectivity index (χ2v) is 12.9. The Morgan fingerprint density at radius 3 is 1.46 bits per heavy atom. The summed E-state index contributed by atoms with van der Waals surface area (Å²) in [4.78, 5) is 2.42. The number of anilines is 2. The van der Waals surface area contributed by atoms with Crippen molar-refractivity contribution in [1.29, 1.82) is 0 Å². The average molecular weight is 641 g/mol. The molecule has 0 radical (unpaired) electrons. The van der Waals surface area contributed by atoms with Gasteiger partial charge in [0.2, 0.25) is 0 Å². The molecule has 8 aromatic rings. The first-order valence-electron chi connectivity index (χ1n) is 17.4. The predicted octanol–water partition coefficient (Wildman–Crippen LogP) is 13.0. The highest BCUT2D eigenvalue weighted by molar-refractivity contribution is 6.09. The van der Waals surface area contributed by atoms with Crippen molar-refractivity contribution in [3.05, 3.63) is 205 Å². The molecular formula is C48H36N2. The number of aromatic nitrogens is 1. The second-order valence-electron chi connectivity index (χ2n) is 12.9. The van der Waals surface area contributed by atoms with Gasteiger partial charge in [-0.1, -0.05) is 140 Å². The summed E-state index contributed by atoms with van der Waals surface area (Å²) in [7, 11) is 0. The van der Waals surface area contributed by atoms with Crippen LogP contribution in [0, 0.1) is 0 Å². The Morgan fingerprint density at radius 1 is 0.380 bits per heavy atom. The molecule has 1 aliphatic carbocycles. The highest BCUT2D eigenvalue weighted by atomic mass is 15.1. The SMILES string of the molecule is C1=C(c2ccccc2)CCC(N(c2ccc(-c3ccccc3)cc2)c2ccc(-c3cccc(-n4c5ccccc5c5ccccc54)c3)cc2)=C1. The Bertz CT molecular complexity index is 2450. The second kappa shape index (κ2) is 12.9. The van der Waals surface area contributed by atoms with Gasteiger partial charge in [-0.25, -0.2) is 0 Å². The van der Waals surface area contributed by atoms with Gasteiger partial charge < -0.3 is 9.47 Å². The molecule has 1 aliphatic rings. The highest BCUT2D eigenvalue weighted by Gasteiger charge is 2.19. The van der Waals surface area contributed by atoms with E-state index >= 15 is 0 Å². The van der Waals surface area contributed by atoms with Crippen molar-refractivity contribution in [2.45, 2.75) is 12.8 Å². The first-order chi connectivity index (χ1) is 24.8. The van der Waals surface area contributed by atoms with E-state index in [1.54, 1.807) is 0 Å². The summed E-state index contributed by atoms with van der Waals surface area (Å²) in [6, 6.07) is 65.7. The van der Waals surface area contributed by atoms with Gasteiger partial charge in [0, 0.05) is 33.5 Å². The van der Waals surface area contributed by atoms with Crippen LogP contribution in [0.25, 0.3) is 55.3 Å². The van der Waals surface area contributed by atoms with Gasteiger partial charge in [0.25, 0.3) is 0 Å². The zero-order valence-electron chi connectivity index (χ0n) is 27.8. The van der Waals surface area contributed by atoms with Crippen LogP contribution in [0.4, 0.5) is 11.4 Å². The molecule has 0 bridgehead atoms. The maximum atomic E-state index is 2.42. The standard InChI is InChI=1S/C48H36N2/c1-3-12-35(13-4-1)37-22-28-41(29-23-37)49(42-30-24-38(25-31-42)36-14-5-2-6-15-36)43-32-26-39(27-33-43)40-16-11-17-44(34-40)50-47-20-9-7-18-45(47)46-19-8-10-21-48(46)50/h1-24,26-30,32-34H,25,31H2. The Hall–Kier alpha value is -6.38. The van der Waals surface area contributed by atoms with Crippen LogP contribution >= 0.6 is 0 Å². The molecule has 1 aromatic heterocycles. The number of benzene rings is 7. The molecule has 7 aromatic carbocycles. The van der Waals surface area contributed by atoms with Crippen molar-refractivity contribution in [2.24, 2.45) is 0 Å². The number of allylic oxidation sites excluding steroid dienone is 4. The number of para-hydroxylation sites is 2. The number of hydrogen-bond donors (Lipinski definition) is 0. The smallest absolute Gasteiger partial charge is 0.0541 e. The maximum absolute atomic E-state index is 2.42. The third kappa shape index (κ3) is 5.51. The van der Waals surface area contributed by atoms with E-state index in [0.717, 1.165) is 29.9 Å². The minimum Gasteiger partial charge on any atom is -0.314 e. The van der Waals surface area contributed by atoms with E-state index in [1.807, 2.05) is 0 Å². The zero-order valence-corrected chi connectivity index (χ0v) is 27.8. The summed E-state index contributed by atoms with van der Waals surface area (Å²) < 4.78 is 2.39. The topological polar surface area (TPSA) is 8.17 Å². The summed E-state index contributed by atoms with van der Waals surface area (Å²) in [5, 5.41) is 2.55. The molecular weight excluding hydrogens is 605 g/mol. The summed E-state index contributed by atoms with van der Waals surface area (Å²) in [6.07, 6.45) is 6.57. The molecule has 0 fully saturated rings. The van der Waals surface area contributed by atoms with E-state index in [0.29, 0.717) is 0 Å². The van der Waals surface area contributed by atoms with Crippen LogP contribution in [0.5, 0.6) is 0 Å². The van der Waals surface area contributed by atoms with Crippen LogP contribution < -0.4 is 4.90 Å². The van der Waals surface area contributed by atoms with E-state index < -0.39 is 0 Å². The van der Waals surface area contributed by atoms with Crippen molar-refractivity contribution in [3.8, 4) is 27.9 Å². The normalized spacial score (nSPS) is 12.9. The lowest BCUT2D eigenvalue weighted by molar-refractivity contribution is 0.930. The molecule has 0 amide bonds. The van der Waals surface area contributed by atoms with Gasteiger partial charge in [-0.2, -0.15) is 0 Å². The molecule has 0 atom stereocenters. The monoisotopic (exact) mass is 640 g/mol. The highest BCUT2D eigenvalue weighted by Crippen LogP contribution is 2.38. The summed E-state index contributed by atoms with van der Waals surface area (Å²) in [6.45, 7) is 0. The molecule has 0 saturated heterocycles. The molecule has 0 aliphatic heterocycles. The van der Waals surface area contributed by atoms with Crippen molar-refractivity contribution in [3.63, 3.8) is 0 Å². The van der Waals surface area contributed by atoms with Gasteiger partial charge >= 0.3 is 0 Å². The summed E-state index contributed by atoms with van der Waals surface area (Å²) in [5.74, 6) is 0. The van der Waals surface area contributed by atoms with Gasteiger partial charge in [0.1, 0.15) is 0 Å². The predicted molar refractivity (Wildman–Crippen MR) is 212 cm³/mol. The van der Waals surface area contributed by atoms with E-state index in [2.05, 4.69) is 204 Å². The van der Waals surface area contributed by atoms with Gasteiger partial charge in [0.15, 0.2) is 0 Å². The van der Waals surface area contributed by atoms with Gasteiger partial charge in [-0.15, -0.1) is 0 Å². The molecule has 2 nitrogen and oxygen atoms in total. The van der Waals surface area contributed by atoms with Crippen LogP contribution in [0.3, 0.4) is 0 Å². The minimum atomic E-state index is 0.962. The third-order valence-corrected chi connectivity index (χ3v) is 9.94. The lowest BCUT2D eigenvalue weighted by Crippen LogP contribution is -2.17. The fourth-order valence-electron chi connectivity index (χ4n) is 7.45. The largest absolute Gasteiger partial charge is 0.314 e. The van der Waals surface area contributed by atoms with Crippen LogP contribution in [0.2, 0.25) is 0 Å². The van der Waals surface area contributed by atoms with Crippen LogP contribution in [-0.4, -0.2) is 4.57 Å².